The molecule has 0 aliphatic carbocycles. The molecule has 0 aromatic carbocycles. The van der Waals surface area contributed by atoms with E-state index in [4.69, 9.17) is 5.73 Å². The van der Waals surface area contributed by atoms with E-state index in [9.17, 15) is 4.79 Å². The van der Waals surface area contributed by atoms with Crippen LogP contribution in [0.3, 0.4) is 0 Å². The highest BCUT2D eigenvalue weighted by molar-refractivity contribution is 5.92. The van der Waals surface area contributed by atoms with E-state index >= 15 is 0 Å². The maximum atomic E-state index is 12.0. The Morgan fingerprint density at radius 2 is 2.21 bits per heavy atom. The molecule has 1 atom stereocenters. The number of amides is 1. The molecule has 8 nitrogen and oxygen atoms in total. The second kappa shape index (κ2) is 5.09. The van der Waals surface area contributed by atoms with Crippen molar-refractivity contribution in [3.05, 3.63) is 23.8 Å². The first kappa shape index (κ1) is 13.1. The summed E-state index contributed by atoms with van der Waals surface area (Å²) >= 11 is 0. The Morgan fingerprint density at radius 3 is 2.74 bits per heavy atom. The SMILES string of the molecule is CC(C)n1ccc(C(=O)N[C@H](C)c2nc(N)n[nH]2)n1. The molecule has 2 aromatic rings. The van der Waals surface area contributed by atoms with E-state index in [2.05, 4.69) is 25.6 Å². The number of carbonyl (C=O) groups is 1. The number of aromatic amines is 1. The average Bonchev–Trinajstić information content (AvgIpc) is 2.96. The lowest BCUT2D eigenvalue weighted by Crippen LogP contribution is -2.28. The van der Waals surface area contributed by atoms with Crippen LogP contribution in [-0.4, -0.2) is 30.9 Å². The molecule has 2 rings (SSSR count). The summed E-state index contributed by atoms with van der Waals surface area (Å²) in [5, 5.41) is 13.3. The number of anilines is 1. The first-order valence-electron chi connectivity index (χ1n) is 6.01. The third kappa shape index (κ3) is 2.90. The fourth-order valence-corrected chi connectivity index (χ4v) is 1.57. The number of nitrogens with zero attached hydrogens (tertiary/aromatic N) is 4. The predicted molar refractivity (Wildman–Crippen MR) is 69.3 cm³/mol. The van der Waals surface area contributed by atoms with Gasteiger partial charge in [0.05, 0.1) is 6.04 Å². The Kier molecular flexibility index (Phi) is 3.50. The molecule has 0 spiro atoms. The molecule has 0 saturated carbocycles. The summed E-state index contributed by atoms with van der Waals surface area (Å²) in [6, 6.07) is 1.58. The highest BCUT2D eigenvalue weighted by atomic mass is 16.2. The molecule has 19 heavy (non-hydrogen) atoms. The van der Waals surface area contributed by atoms with Crippen molar-refractivity contribution in [2.45, 2.75) is 32.9 Å². The van der Waals surface area contributed by atoms with Gasteiger partial charge in [-0.15, -0.1) is 5.10 Å². The highest BCUT2D eigenvalue weighted by Crippen LogP contribution is 2.09. The van der Waals surface area contributed by atoms with Gasteiger partial charge in [-0.1, -0.05) is 0 Å². The molecule has 0 radical (unpaired) electrons. The predicted octanol–water partition coefficient (Wildman–Crippen LogP) is 0.655. The normalized spacial score (nSPS) is 12.6. The lowest BCUT2D eigenvalue weighted by Gasteiger charge is -2.09. The summed E-state index contributed by atoms with van der Waals surface area (Å²) < 4.78 is 1.73. The van der Waals surface area contributed by atoms with Gasteiger partial charge in [0.1, 0.15) is 11.5 Å². The van der Waals surface area contributed by atoms with Crippen molar-refractivity contribution in [1.29, 1.82) is 0 Å². The van der Waals surface area contributed by atoms with E-state index in [1.54, 1.807) is 23.9 Å². The zero-order valence-corrected chi connectivity index (χ0v) is 11.1. The first-order valence-corrected chi connectivity index (χ1v) is 6.01. The zero-order chi connectivity index (χ0) is 14.0. The molecular weight excluding hydrogens is 246 g/mol. The van der Waals surface area contributed by atoms with E-state index in [0.29, 0.717) is 11.5 Å². The summed E-state index contributed by atoms with van der Waals surface area (Å²) in [7, 11) is 0. The Bertz CT molecular complexity index is 571. The molecule has 0 fully saturated rings. The Labute approximate surface area is 110 Å². The van der Waals surface area contributed by atoms with Crippen LogP contribution in [0.5, 0.6) is 0 Å². The minimum absolute atomic E-state index is 0.153. The molecule has 4 N–H and O–H groups in total. The summed E-state index contributed by atoms with van der Waals surface area (Å²) in [5.74, 6) is 0.399. The molecule has 2 heterocycles. The van der Waals surface area contributed by atoms with Crippen LogP contribution in [0.25, 0.3) is 0 Å². The van der Waals surface area contributed by atoms with Gasteiger partial charge in [0.25, 0.3) is 5.91 Å². The number of aromatic nitrogens is 5. The van der Waals surface area contributed by atoms with Gasteiger partial charge in [-0.05, 0) is 26.8 Å². The first-order chi connectivity index (χ1) is 8.97. The van der Waals surface area contributed by atoms with Crippen LogP contribution in [0.15, 0.2) is 12.3 Å². The largest absolute Gasteiger partial charge is 0.367 e. The topological polar surface area (TPSA) is 115 Å². The smallest absolute Gasteiger partial charge is 0.272 e. The second-order valence-electron chi connectivity index (χ2n) is 4.55. The number of hydrogen-bond acceptors (Lipinski definition) is 5. The van der Waals surface area contributed by atoms with Crippen molar-refractivity contribution < 1.29 is 4.79 Å². The van der Waals surface area contributed by atoms with E-state index in [1.807, 2.05) is 13.8 Å². The fraction of sp³-hybridized carbons (Fsp3) is 0.455. The third-order valence-corrected chi connectivity index (χ3v) is 2.65. The van der Waals surface area contributed by atoms with Crippen LogP contribution in [0.4, 0.5) is 5.95 Å². The Morgan fingerprint density at radius 1 is 1.47 bits per heavy atom. The van der Waals surface area contributed by atoms with Crippen molar-refractivity contribution >= 4 is 11.9 Å². The number of nitrogens with one attached hydrogen (secondary N) is 2. The van der Waals surface area contributed by atoms with Gasteiger partial charge in [-0.2, -0.15) is 10.1 Å². The molecule has 0 bridgehead atoms. The van der Waals surface area contributed by atoms with Crippen molar-refractivity contribution in [3.8, 4) is 0 Å². The summed E-state index contributed by atoms with van der Waals surface area (Å²) in [5.41, 5.74) is 5.78. The molecule has 0 saturated heterocycles. The summed E-state index contributed by atoms with van der Waals surface area (Å²) in [6.07, 6.45) is 1.77. The summed E-state index contributed by atoms with van der Waals surface area (Å²) in [4.78, 5) is 16.0. The summed E-state index contributed by atoms with van der Waals surface area (Å²) in [6.45, 7) is 5.78. The third-order valence-electron chi connectivity index (χ3n) is 2.65. The average molecular weight is 263 g/mol. The minimum Gasteiger partial charge on any atom is -0.367 e. The van der Waals surface area contributed by atoms with Crippen LogP contribution in [0, 0.1) is 0 Å². The number of nitrogen functional groups attached to an aromatic ring is 1. The Hall–Kier alpha value is -2.38. The molecule has 102 valence electrons. The molecule has 2 aromatic heterocycles. The van der Waals surface area contributed by atoms with Gasteiger partial charge in [-0.25, -0.2) is 0 Å². The fourth-order valence-electron chi connectivity index (χ4n) is 1.57. The van der Waals surface area contributed by atoms with E-state index < -0.39 is 0 Å². The number of nitrogens with two attached hydrogens (primary N) is 1. The number of H-pyrrole nitrogens is 1. The van der Waals surface area contributed by atoms with Crippen LogP contribution in [0.2, 0.25) is 0 Å². The molecule has 0 unspecified atom stereocenters. The number of hydrogen-bond donors (Lipinski definition) is 3. The van der Waals surface area contributed by atoms with Gasteiger partial charge in [0.2, 0.25) is 5.95 Å². The van der Waals surface area contributed by atoms with Gasteiger partial charge >= 0.3 is 0 Å². The van der Waals surface area contributed by atoms with Crippen LogP contribution in [-0.2, 0) is 0 Å². The molecule has 0 aliphatic heterocycles. The monoisotopic (exact) mass is 263 g/mol. The standard InChI is InChI=1S/C11H17N7O/c1-6(2)18-5-4-8(17-18)10(19)13-7(3)9-14-11(12)16-15-9/h4-7H,1-3H3,(H,13,19)(H3,12,14,15,16)/t7-/m1/s1. The van der Waals surface area contributed by atoms with Crippen LogP contribution in [0.1, 0.15) is 49.2 Å². The van der Waals surface area contributed by atoms with E-state index in [1.165, 1.54) is 0 Å². The van der Waals surface area contributed by atoms with Crippen LogP contribution >= 0.6 is 0 Å². The van der Waals surface area contributed by atoms with E-state index in [0.717, 1.165) is 0 Å². The van der Waals surface area contributed by atoms with Crippen molar-refractivity contribution in [2.75, 3.05) is 5.73 Å². The maximum Gasteiger partial charge on any atom is 0.272 e. The lowest BCUT2D eigenvalue weighted by atomic mass is 10.3. The van der Waals surface area contributed by atoms with Crippen molar-refractivity contribution in [1.82, 2.24) is 30.3 Å². The van der Waals surface area contributed by atoms with Gasteiger partial charge in [-0.3, -0.25) is 14.6 Å². The minimum atomic E-state index is -0.318. The van der Waals surface area contributed by atoms with Crippen molar-refractivity contribution in [3.63, 3.8) is 0 Å². The molecule has 8 heteroatoms. The number of rotatable bonds is 4. The lowest BCUT2D eigenvalue weighted by molar-refractivity contribution is 0.0932. The van der Waals surface area contributed by atoms with E-state index in [-0.39, 0.29) is 23.9 Å². The quantitative estimate of drug-likeness (QED) is 0.749. The van der Waals surface area contributed by atoms with Crippen molar-refractivity contribution in [2.24, 2.45) is 0 Å². The second-order valence-corrected chi connectivity index (χ2v) is 4.55. The van der Waals surface area contributed by atoms with Crippen LogP contribution < -0.4 is 11.1 Å². The zero-order valence-electron chi connectivity index (χ0n) is 11.1. The van der Waals surface area contributed by atoms with Gasteiger partial charge in [0, 0.05) is 12.2 Å². The maximum absolute atomic E-state index is 12.0. The molecule has 1 amide bonds. The number of carbonyl (C=O) groups excluding carboxylic acids is 1. The molecule has 0 aliphatic rings. The van der Waals surface area contributed by atoms with Gasteiger partial charge in [0.15, 0.2) is 0 Å². The van der Waals surface area contributed by atoms with Gasteiger partial charge < -0.3 is 11.1 Å². The highest BCUT2D eigenvalue weighted by Gasteiger charge is 2.16. The Balaban J connectivity index is 2.04. The molecular formula is C11H17N7O.